The number of carbonyl (C=O) groups is 1. The maximum Gasteiger partial charge on any atom is 0.406 e. The Morgan fingerprint density at radius 1 is 1.33 bits per heavy atom. The number of hydrogen-bond acceptors (Lipinski definition) is 2. The molecule has 2 aliphatic rings. The molecule has 0 radical (unpaired) electrons. The number of rotatable bonds is 3. The zero-order valence-corrected chi connectivity index (χ0v) is 9.96. The van der Waals surface area contributed by atoms with E-state index >= 15 is 0 Å². The van der Waals surface area contributed by atoms with Gasteiger partial charge in [-0.3, -0.25) is 4.79 Å². The Kier molecular flexibility index (Phi) is 3.26. The quantitative estimate of drug-likeness (QED) is 0.783. The molecule has 0 bridgehead atoms. The van der Waals surface area contributed by atoms with Gasteiger partial charge in [0.1, 0.15) is 12.0 Å². The summed E-state index contributed by atoms with van der Waals surface area (Å²) < 4.78 is 37.5. The monoisotopic (exact) mass is 260 g/mol. The van der Waals surface area contributed by atoms with Crippen LogP contribution in [-0.4, -0.2) is 29.6 Å². The Bertz CT molecular complexity index is 376. The van der Waals surface area contributed by atoms with Crippen molar-refractivity contribution in [3.8, 4) is 6.07 Å². The van der Waals surface area contributed by atoms with Gasteiger partial charge in [-0.2, -0.15) is 18.4 Å². The first-order valence-electron chi connectivity index (χ1n) is 6.17. The highest BCUT2D eigenvalue weighted by Gasteiger charge is 2.49. The van der Waals surface area contributed by atoms with E-state index in [4.69, 9.17) is 5.26 Å². The summed E-state index contributed by atoms with van der Waals surface area (Å²) in [6.45, 7) is -1.22. The Morgan fingerprint density at radius 2 is 1.89 bits per heavy atom. The van der Waals surface area contributed by atoms with E-state index in [-0.39, 0.29) is 6.04 Å². The van der Waals surface area contributed by atoms with Gasteiger partial charge in [0.25, 0.3) is 0 Å². The van der Waals surface area contributed by atoms with Gasteiger partial charge in [0.05, 0.1) is 6.07 Å². The molecule has 0 unspecified atom stereocenters. The summed E-state index contributed by atoms with van der Waals surface area (Å²) >= 11 is 0. The molecule has 100 valence electrons. The third-order valence-electron chi connectivity index (χ3n) is 3.68. The zero-order valence-electron chi connectivity index (χ0n) is 9.96. The smallest absolute Gasteiger partial charge is 0.329 e. The lowest BCUT2D eigenvalue weighted by Gasteiger charge is -2.30. The molecule has 2 saturated carbocycles. The molecule has 1 amide bonds. The number of nitrogens with zero attached hydrogens (tertiary/aromatic N) is 2. The molecule has 0 aromatic rings. The maximum atomic E-state index is 12.5. The lowest BCUT2D eigenvalue weighted by atomic mass is 9.86. The predicted octanol–water partition coefficient (Wildman–Crippen LogP) is 2.62. The average molecular weight is 260 g/mol. The number of halogens is 3. The van der Waals surface area contributed by atoms with Crippen molar-refractivity contribution < 1.29 is 18.0 Å². The third-order valence-corrected chi connectivity index (χ3v) is 3.68. The minimum absolute atomic E-state index is 0.315. The minimum Gasteiger partial charge on any atom is -0.329 e. The summed E-state index contributed by atoms with van der Waals surface area (Å²) in [5.41, 5.74) is -1.20. The van der Waals surface area contributed by atoms with E-state index in [9.17, 15) is 18.0 Å². The molecule has 2 aliphatic carbocycles. The fourth-order valence-electron chi connectivity index (χ4n) is 2.57. The normalized spacial score (nSPS) is 22.6. The van der Waals surface area contributed by atoms with Crippen LogP contribution in [0.1, 0.15) is 38.5 Å². The highest BCUT2D eigenvalue weighted by molar-refractivity contribution is 5.86. The molecular formula is C12H15F3N2O. The van der Waals surface area contributed by atoms with Gasteiger partial charge in [-0.1, -0.05) is 12.8 Å². The van der Waals surface area contributed by atoms with Crippen molar-refractivity contribution in [2.75, 3.05) is 6.54 Å². The number of nitriles is 1. The van der Waals surface area contributed by atoms with Crippen LogP contribution in [0, 0.1) is 16.7 Å². The SMILES string of the molecule is N#CC1(C(=O)N(CC(F)(F)F)C2CC2)CCCC1. The van der Waals surface area contributed by atoms with Crippen LogP contribution < -0.4 is 0 Å². The highest BCUT2D eigenvalue weighted by Crippen LogP contribution is 2.42. The van der Waals surface area contributed by atoms with Gasteiger partial charge >= 0.3 is 6.18 Å². The second-order valence-electron chi connectivity index (χ2n) is 5.18. The topological polar surface area (TPSA) is 44.1 Å². The summed E-state index contributed by atoms with van der Waals surface area (Å²) in [6, 6.07) is 1.65. The van der Waals surface area contributed by atoms with Crippen molar-refractivity contribution in [3.63, 3.8) is 0 Å². The fourth-order valence-corrected chi connectivity index (χ4v) is 2.57. The molecule has 0 aromatic carbocycles. The van der Waals surface area contributed by atoms with Crippen LogP contribution in [0.25, 0.3) is 0 Å². The standard InChI is InChI=1S/C12H15F3N2O/c13-12(14,15)8-17(9-3-4-9)10(18)11(7-16)5-1-2-6-11/h9H,1-6,8H2. The number of amides is 1. The molecule has 2 fully saturated rings. The molecule has 0 saturated heterocycles. The molecule has 0 spiro atoms. The Labute approximate surface area is 104 Å². The van der Waals surface area contributed by atoms with E-state index in [0.29, 0.717) is 25.7 Å². The molecule has 0 N–H and O–H groups in total. The van der Waals surface area contributed by atoms with Crippen molar-refractivity contribution in [1.82, 2.24) is 4.90 Å². The molecule has 0 atom stereocenters. The van der Waals surface area contributed by atoms with Crippen LogP contribution in [0.2, 0.25) is 0 Å². The molecule has 0 aliphatic heterocycles. The van der Waals surface area contributed by atoms with Gasteiger partial charge in [0.2, 0.25) is 5.91 Å². The molecule has 2 rings (SSSR count). The number of alkyl halides is 3. The van der Waals surface area contributed by atoms with Crippen molar-refractivity contribution in [1.29, 1.82) is 5.26 Å². The van der Waals surface area contributed by atoms with Crippen molar-refractivity contribution >= 4 is 5.91 Å². The predicted molar refractivity (Wildman–Crippen MR) is 57.3 cm³/mol. The van der Waals surface area contributed by atoms with E-state index in [0.717, 1.165) is 17.7 Å². The fraction of sp³-hybridized carbons (Fsp3) is 0.833. The first-order valence-corrected chi connectivity index (χ1v) is 6.17. The summed E-state index contributed by atoms with van der Waals surface area (Å²) in [5.74, 6) is -0.609. The first-order chi connectivity index (χ1) is 8.38. The van der Waals surface area contributed by atoms with Gasteiger partial charge < -0.3 is 4.90 Å². The average Bonchev–Trinajstić information content (AvgIpc) is 3.02. The van der Waals surface area contributed by atoms with Crippen molar-refractivity contribution in [2.24, 2.45) is 5.41 Å². The second kappa shape index (κ2) is 4.45. The third kappa shape index (κ3) is 2.60. The zero-order chi connectivity index (χ0) is 13.4. The number of hydrogen-bond donors (Lipinski definition) is 0. The molecule has 0 heterocycles. The molecule has 3 nitrogen and oxygen atoms in total. The molecule has 0 aromatic heterocycles. The van der Waals surface area contributed by atoms with Crippen LogP contribution >= 0.6 is 0 Å². The Morgan fingerprint density at radius 3 is 2.28 bits per heavy atom. The van der Waals surface area contributed by atoms with Crippen LogP contribution in [0.5, 0.6) is 0 Å². The number of carbonyl (C=O) groups excluding carboxylic acids is 1. The van der Waals surface area contributed by atoms with Gasteiger partial charge in [0.15, 0.2) is 0 Å². The lowest BCUT2D eigenvalue weighted by molar-refractivity contribution is -0.167. The van der Waals surface area contributed by atoms with Gasteiger partial charge in [-0.25, -0.2) is 0 Å². The van der Waals surface area contributed by atoms with Gasteiger partial charge in [-0.15, -0.1) is 0 Å². The van der Waals surface area contributed by atoms with Gasteiger partial charge in [0, 0.05) is 6.04 Å². The largest absolute Gasteiger partial charge is 0.406 e. The summed E-state index contributed by atoms with van der Waals surface area (Å²) in [5, 5.41) is 9.16. The Hall–Kier alpha value is -1.25. The van der Waals surface area contributed by atoms with Crippen LogP contribution in [0.4, 0.5) is 13.2 Å². The summed E-state index contributed by atoms with van der Waals surface area (Å²) in [7, 11) is 0. The van der Waals surface area contributed by atoms with Crippen molar-refractivity contribution in [3.05, 3.63) is 0 Å². The highest BCUT2D eigenvalue weighted by atomic mass is 19.4. The Balaban J connectivity index is 2.15. The second-order valence-corrected chi connectivity index (χ2v) is 5.18. The van der Waals surface area contributed by atoms with E-state index in [2.05, 4.69) is 0 Å². The van der Waals surface area contributed by atoms with E-state index < -0.39 is 24.0 Å². The van der Waals surface area contributed by atoms with E-state index in [1.165, 1.54) is 0 Å². The van der Waals surface area contributed by atoms with Gasteiger partial charge in [-0.05, 0) is 25.7 Å². The first kappa shape index (κ1) is 13.2. The lowest BCUT2D eigenvalue weighted by Crippen LogP contribution is -2.47. The van der Waals surface area contributed by atoms with E-state index in [1.54, 1.807) is 0 Å². The minimum atomic E-state index is -4.40. The molecular weight excluding hydrogens is 245 g/mol. The molecule has 18 heavy (non-hydrogen) atoms. The maximum absolute atomic E-state index is 12.5. The van der Waals surface area contributed by atoms with Crippen LogP contribution in [0.15, 0.2) is 0 Å². The van der Waals surface area contributed by atoms with Crippen LogP contribution in [0.3, 0.4) is 0 Å². The van der Waals surface area contributed by atoms with Crippen molar-refractivity contribution in [2.45, 2.75) is 50.7 Å². The molecule has 6 heteroatoms. The summed E-state index contributed by atoms with van der Waals surface area (Å²) in [6.07, 6.45) is -0.902. The summed E-state index contributed by atoms with van der Waals surface area (Å²) in [4.78, 5) is 13.1. The van der Waals surface area contributed by atoms with E-state index in [1.807, 2.05) is 6.07 Å². The van der Waals surface area contributed by atoms with Crippen LogP contribution in [-0.2, 0) is 4.79 Å².